The molecule has 8 heteroatoms. The highest BCUT2D eigenvalue weighted by atomic mass is 32.1. The summed E-state index contributed by atoms with van der Waals surface area (Å²) in [6.07, 6.45) is 1.88. The second kappa shape index (κ2) is 9.43. The van der Waals surface area contributed by atoms with E-state index < -0.39 is 0 Å². The van der Waals surface area contributed by atoms with Crippen molar-refractivity contribution in [3.8, 4) is 11.3 Å². The molecule has 1 fully saturated rings. The number of piperazine rings is 1. The van der Waals surface area contributed by atoms with Crippen molar-refractivity contribution >= 4 is 38.3 Å². The number of nitrogens with one attached hydrogen (secondary N) is 2. The lowest BCUT2D eigenvalue weighted by Crippen LogP contribution is -2.43. The first-order chi connectivity index (χ1) is 16.1. The average molecular weight is 460 g/mol. The van der Waals surface area contributed by atoms with Gasteiger partial charge in [-0.1, -0.05) is 29.0 Å². The van der Waals surface area contributed by atoms with Crippen LogP contribution in [-0.4, -0.2) is 65.0 Å². The fourth-order valence-corrected chi connectivity index (χ4v) is 4.99. The number of hydrogen-bond acceptors (Lipinski definition) is 8. The van der Waals surface area contributed by atoms with Crippen molar-refractivity contribution < 1.29 is 0 Å². The summed E-state index contributed by atoms with van der Waals surface area (Å²) < 4.78 is 0. The third-order valence-corrected chi connectivity index (χ3v) is 6.95. The summed E-state index contributed by atoms with van der Waals surface area (Å²) in [4.78, 5) is 20.0. The largest absolute Gasteiger partial charge is 0.373 e. The Bertz CT molecular complexity index is 1260. The molecule has 7 nitrogen and oxygen atoms in total. The number of nitrogens with zero attached hydrogens (tertiary/aromatic N) is 5. The number of hydrogen-bond donors (Lipinski definition) is 2. The first-order valence-corrected chi connectivity index (χ1v) is 12.1. The topological polar surface area (TPSA) is 69.2 Å². The van der Waals surface area contributed by atoms with Crippen LogP contribution in [0.5, 0.6) is 0 Å². The molecule has 0 unspecified atom stereocenters. The molecule has 1 aliphatic rings. The molecule has 3 aromatic heterocycles. The summed E-state index contributed by atoms with van der Waals surface area (Å²) in [7, 11) is 4.06. The van der Waals surface area contributed by atoms with E-state index in [9.17, 15) is 0 Å². The van der Waals surface area contributed by atoms with Gasteiger partial charge in [0.25, 0.3) is 0 Å². The molecule has 1 saturated heterocycles. The standard InChI is InChI=1S/C25H29N7S/c1-17-6-7-20(28-25-29-21-8-9-22(26-2)30-24(21)33-25)19(15-17)23-18(5-4-10-27-23)16-32-13-11-31(3)12-14-32/h4-10,15H,11-14,16H2,1-3H3,(H,26,30)(H,28,29). The number of benzene rings is 1. The van der Waals surface area contributed by atoms with Gasteiger partial charge in [-0.15, -0.1) is 0 Å². The second-order valence-electron chi connectivity index (χ2n) is 8.55. The van der Waals surface area contributed by atoms with Gasteiger partial charge in [0.1, 0.15) is 16.2 Å². The molecule has 4 heterocycles. The monoisotopic (exact) mass is 459 g/mol. The van der Waals surface area contributed by atoms with Crippen molar-refractivity contribution in [2.45, 2.75) is 13.5 Å². The van der Waals surface area contributed by atoms with Crippen molar-refractivity contribution in [2.24, 2.45) is 0 Å². The smallest absolute Gasteiger partial charge is 0.189 e. The Balaban J connectivity index is 1.47. The molecule has 0 atom stereocenters. The van der Waals surface area contributed by atoms with Crippen LogP contribution in [0.4, 0.5) is 16.6 Å². The highest BCUT2D eigenvalue weighted by molar-refractivity contribution is 7.21. The number of likely N-dealkylation sites (N-methyl/N-ethyl adjacent to an activating group) is 1. The third kappa shape index (κ3) is 4.83. The predicted molar refractivity (Wildman–Crippen MR) is 137 cm³/mol. The molecule has 1 aliphatic heterocycles. The summed E-state index contributed by atoms with van der Waals surface area (Å²) in [5.41, 5.74) is 6.48. The minimum atomic E-state index is 0.826. The van der Waals surface area contributed by atoms with Gasteiger partial charge >= 0.3 is 0 Å². The van der Waals surface area contributed by atoms with Crippen LogP contribution >= 0.6 is 11.3 Å². The Labute approximate surface area is 198 Å². The molecular weight excluding hydrogens is 430 g/mol. The van der Waals surface area contributed by atoms with Crippen molar-refractivity contribution in [1.29, 1.82) is 0 Å². The highest BCUT2D eigenvalue weighted by Gasteiger charge is 2.18. The summed E-state index contributed by atoms with van der Waals surface area (Å²) in [5, 5.41) is 7.46. The third-order valence-electron chi connectivity index (χ3n) is 6.06. The number of rotatable bonds is 6. The van der Waals surface area contributed by atoms with Crippen molar-refractivity contribution in [2.75, 3.05) is 50.9 Å². The van der Waals surface area contributed by atoms with Crippen LogP contribution in [0.3, 0.4) is 0 Å². The number of fused-ring (bicyclic) bond motifs is 1. The van der Waals surface area contributed by atoms with Crippen molar-refractivity contribution in [3.05, 3.63) is 59.8 Å². The Morgan fingerprint density at radius 2 is 1.88 bits per heavy atom. The maximum Gasteiger partial charge on any atom is 0.189 e. The van der Waals surface area contributed by atoms with E-state index >= 15 is 0 Å². The Hall–Kier alpha value is -3.07. The second-order valence-corrected chi connectivity index (χ2v) is 9.53. The van der Waals surface area contributed by atoms with Crippen LogP contribution in [0.15, 0.2) is 48.7 Å². The van der Waals surface area contributed by atoms with Gasteiger partial charge in [0.2, 0.25) is 0 Å². The zero-order valence-electron chi connectivity index (χ0n) is 19.3. The quantitative estimate of drug-likeness (QED) is 0.437. The van der Waals surface area contributed by atoms with Crippen LogP contribution in [0.1, 0.15) is 11.1 Å². The molecule has 0 saturated carbocycles. The Kier molecular flexibility index (Phi) is 6.22. The number of aryl methyl sites for hydroxylation is 1. The minimum Gasteiger partial charge on any atom is -0.373 e. The molecule has 2 N–H and O–H groups in total. The van der Waals surface area contributed by atoms with Crippen LogP contribution in [0.2, 0.25) is 0 Å². The molecule has 0 spiro atoms. The SMILES string of the molecule is CNc1ccc2nc(Nc3ccc(C)cc3-c3ncccc3CN3CCN(C)CC3)sc2n1. The molecule has 0 bridgehead atoms. The first kappa shape index (κ1) is 21.8. The molecular formula is C25H29N7S. The predicted octanol–water partition coefficient (Wildman–Crippen LogP) is 4.59. The maximum atomic E-state index is 4.82. The van der Waals surface area contributed by atoms with Gasteiger partial charge in [0.15, 0.2) is 5.13 Å². The summed E-state index contributed by atoms with van der Waals surface area (Å²) in [6.45, 7) is 7.40. The summed E-state index contributed by atoms with van der Waals surface area (Å²) >= 11 is 1.56. The molecule has 0 amide bonds. The van der Waals surface area contributed by atoms with Crippen LogP contribution < -0.4 is 10.6 Å². The highest BCUT2D eigenvalue weighted by Crippen LogP contribution is 2.35. The van der Waals surface area contributed by atoms with Gasteiger partial charge < -0.3 is 15.5 Å². The fraction of sp³-hybridized carbons (Fsp3) is 0.320. The van der Waals surface area contributed by atoms with E-state index in [1.165, 1.54) is 11.1 Å². The summed E-state index contributed by atoms with van der Waals surface area (Å²) in [5.74, 6) is 0.843. The number of pyridine rings is 2. The lowest BCUT2D eigenvalue weighted by molar-refractivity contribution is 0.148. The molecule has 0 radical (unpaired) electrons. The van der Waals surface area contributed by atoms with E-state index in [4.69, 9.17) is 9.97 Å². The van der Waals surface area contributed by atoms with Crippen LogP contribution in [0, 0.1) is 6.92 Å². The maximum absolute atomic E-state index is 4.82. The van der Waals surface area contributed by atoms with Gasteiger partial charge in [-0.3, -0.25) is 9.88 Å². The molecule has 170 valence electrons. The van der Waals surface area contributed by atoms with E-state index in [1.54, 1.807) is 11.3 Å². The van der Waals surface area contributed by atoms with E-state index in [-0.39, 0.29) is 0 Å². The molecule has 5 rings (SSSR count). The zero-order valence-corrected chi connectivity index (χ0v) is 20.1. The van der Waals surface area contributed by atoms with Crippen molar-refractivity contribution in [3.63, 3.8) is 0 Å². The average Bonchev–Trinajstić information content (AvgIpc) is 3.23. The molecule has 4 aromatic rings. The van der Waals surface area contributed by atoms with Crippen LogP contribution in [-0.2, 0) is 6.54 Å². The number of aromatic nitrogens is 3. The fourth-order valence-electron chi connectivity index (χ4n) is 4.14. The lowest BCUT2D eigenvalue weighted by Gasteiger charge is -2.32. The van der Waals surface area contributed by atoms with E-state index in [0.717, 1.165) is 71.0 Å². The molecule has 33 heavy (non-hydrogen) atoms. The Morgan fingerprint density at radius 3 is 2.70 bits per heavy atom. The van der Waals surface area contributed by atoms with E-state index in [2.05, 4.69) is 63.7 Å². The van der Waals surface area contributed by atoms with Gasteiger partial charge in [-0.25, -0.2) is 9.97 Å². The van der Waals surface area contributed by atoms with Gasteiger partial charge in [-0.2, -0.15) is 0 Å². The van der Waals surface area contributed by atoms with E-state index in [1.807, 2.05) is 31.4 Å². The first-order valence-electron chi connectivity index (χ1n) is 11.3. The minimum absolute atomic E-state index is 0.826. The summed E-state index contributed by atoms with van der Waals surface area (Å²) in [6, 6.07) is 14.6. The van der Waals surface area contributed by atoms with E-state index in [0.29, 0.717) is 0 Å². The van der Waals surface area contributed by atoms with Gasteiger partial charge in [-0.05, 0) is 49.9 Å². The normalized spacial score (nSPS) is 15.1. The number of anilines is 3. The van der Waals surface area contributed by atoms with Gasteiger partial charge in [0, 0.05) is 57.2 Å². The molecule has 0 aliphatic carbocycles. The zero-order chi connectivity index (χ0) is 22.8. The lowest BCUT2D eigenvalue weighted by atomic mass is 10.0. The van der Waals surface area contributed by atoms with Crippen molar-refractivity contribution in [1.82, 2.24) is 24.8 Å². The molecule has 1 aromatic carbocycles. The Morgan fingerprint density at radius 1 is 1.03 bits per heavy atom. The van der Waals surface area contributed by atoms with Crippen LogP contribution in [0.25, 0.3) is 21.6 Å². The number of thiazole rings is 1. The van der Waals surface area contributed by atoms with Gasteiger partial charge in [0.05, 0.1) is 5.69 Å².